The summed E-state index contributed by atoms with van der Waals surface area (Å²) in [4.78, 5) is 25.2. The Morgan fingerprint density at radius 1 is 1.71 bits per heavy atom. The zero-order valence-electron chi connectivity index (χ0n) is 7.93. The van der Waals surface area contributed by atoms with Crippen molar-refractivity contribution in [3.8, 4) is 0 Å². The molecule has 0 bridgehead atoms. The lowest BCUT2D eigenvalue weighted by atomic mass is 10.1. The number of aromatic nitrogens is 1. The molecule has 1 N–H and O–H groups in total. The van der Waals surface area contributed by atoms with Crippen LogP contribution in [0.3, 0.4) is 0 Å². The molecular weight excluding hydrogens is 180 g/mol. The molecule has 0 aliphatic heterocycles. The number of pyridine rings is 1. The van der Waals surface area contributed by atoms with E-state index in [1.54, 1.807) is 18.5 Å². The maximum atomic E-state index is 10.7. The van der Waals surface area contributed by atoms with Gasteiger partial charge < -0.3 is 10.1 Å². The second kappa shape index (κ2) is 5.11. The third-order valence-corrected chi connectivity index (χ3v) is 1.73. The Labute approximate surface area is 82.3 Å². The summed E-state index contributed by atoms with van der Waals surface area (Å²) in [5.74, 6) is -0.203. The molecule has 0 fully saturated rings. The lowest BCUT2D eigenvalue weighted by molar-refractivity contribution is -0.122. The van der Waals surface area contributed by atoms with Crippen LogP contribution in [-0.4, -0.2) is 23.2 Å². The Bertz CT molecular complexity index is 311. The van der Waals surface area contributed by atoms with Crippen LogP contribution >= 0.6 is 0 Å². The summed E-state index contributed by atoms with van der Waals surface area (Å²) in [7, 11) is 0. The fraction of sp³-hybridized carbons (Fsp3) is 0.300. The van der Waals surface area contributed by atoms with Crippen molar-refractivity contribution < 1.29 is 9.59 Å². The molecule has 0 aromatic carbocycles. The Morgan fingerprint density at radius 2 is 2.50 bits per heavy atom. The molecule has 1 atom stereocenters. The van der Waals surface area contributed by atoms with Gasteiger partial charge in [0.2, 0.25) is 5.91 Å². The fourth-order valence-corrected chi connectivity index (χ4v) is 1.17. The summed E-state index contributed by atoms with van der Waals surface area (Å²) in [5, 5.41) is 2.54. The van der Waals surface area contributed by atoms with Gasteiger partial charge in [-0.05, 0) is 11.6 Å². The number of carbonyl (C=O) groups excluding carboxylic acids is 2. The van der Waals surface area contributed by atoms with Gasteiger partial charge in [-0.2, -0.15) is 0 Å². The van der Waals surface area contributed by atoms with Gasteiger partial charge in [-0.25, -0.2) is 0 Å². The van der Waals surface area contributed by atoms with Gasteiger partial charge >= 0.3 is 0 Å². The number of aldehydes is 1. The van der Waals surface area contributed by atoms with E-state index in [2.05, 4.69) is 10.3 Å². The van der Waals surface area contributed by atoms with Gasteiger partial charge in [0.05, 0.1) is 6.04 Å². The lowest BCUT2D eigenvalue weighted by Gasteiger charge is -2.10. The van der Waals surface area contributed by atoms with Crippen LogP contribution in [0.15, 0.2) is 24.5 Å². The zero-order chi connectivity index (χ0) is 10.4. The molecule has 0 aliphatic rings. The highest BCUT2D eigenvalue weighted by atomic mass is 16.2. The van der Waals surface area contributed by atoms with Crippen molar-refractivity contribution in [2.75, 3.05) is 0 Å². The van der Waals surface area contributed by atoms with E-state index in [1.165, 1.54) is 6.92 Å². The second-order valence-electron chi connectivity index (χ2n) is 3.01. The molecular formula is C10H12N2O2. The first kappa shape index (κ1) is 10.4. The number of nitrogens with one attached hydrogen (secondary N) is 1. The smallest absolute Gasteiger partial charge is 0.217 e. The molecule has 74 valence electrons. The second-order valence-corrected chi connectivity index (χ2v) is 3.01. The van der Waals surface area contributed by atoms with Crippen molar-refractivity contribution in [3.63, 3.8) is 0 Å². The molecule has 1 heterocycles. The fourth-order valence-electron chi connectivity index (χ4n) is 1.17. The van der Waals surface area contributed by atoms with E-state index >= 15 is 0 Å². The molecule has 1 amide bonds. The molecule has 0 spiro atoms. The van der Waals surface area contributed by atoms with E-state index in [9.17, 15) is 9.59 Å². The molecule has 0 radical (unpaired) electrons. The van der Waals surface area contributed by atoms with Gasteiger partial charge in [0, 0.05) is 25.7 Å². The quantitative estimate of drug-likeness (QED) is 0.699. The number of rotatable bonds is 4. The Kier molecular flexibility index (Phi) is 3.79. The van der Waals surface area contributed by atoms with Crippen LogP contribution in [0.5, 0.6) is 0 Å². The predicted molar refractivity (Wildman–Crippen MR) is 51.6 cm³/mol. The van der Waals surface area contributed by atoms with Gasteiger partial charge in [-0.1, -0.05) is 6.07 Å². The number of nitrogens with zero attached hydrogens (tertiary/aromatic N) is 1. The third-order valence-electron chi connectivity index (χ3n) is 1.73. The summed E-state index contributed by atoms with van der Waals surface area (Å²) in [6.07, 6.45) is 4.56. The van der Waals surface area contributed by atoms with Crippen LogP contribution in [0.25, 0.3) is 0 Å². The highest BCUT2D eigenvalue weighted by Crippen LogP contribution is 1.99. The summed E-state index contributed by atoms with van der Waals surface area (Å²) < 4.78 is 0. The average molecular weight is 192 g/mol. The number of carbonyl (C=O) groups is 2. The van der Waals surface area contributed by atoms with Crippen LogP contribution in [0, 0.1) is 0 Å². The normalized spacial score (nSPS) is 11.8. The first-order chi connectivity index (χ1) is 6.72. The van der Waals surface area contributed by atoms with E-state index in [4.69, 9.17) is 0 Å². The van der Waals surface area contributed by atoms with Crippen LogP contribution in [0.2, 0.25) is 0 Å². The molecule has 4 nitrogen and oxygen atoms in total. The van der Waals surface area contributed by atoms with Crippen LogP contribution in [-0.2, 0) is 16.0 Å². The Morgan fingerprint density at radius 3 is 3.00 bits per heavy atom. The van der Waals surface area contributed by atoms with Gasteiger partial charge in [-0.3, -0.25) is 9.78 Å². The van der Waals surface area contributed by atoms with E-state index in [1.807, 2.05) is 6.07 Å². The standard InChI is InChI=1S/C10H12N2O2/c1-8(14)12-10(7-13)5-9-3-2-4-11-6-9/h2-4,6-7,10H,5H2,1H3,(H,12,14)/t10-/m0/s1. The molecule has 4 heteroatoms. The predicted octanol–water partition coefficient (Wildman–Crippen LogP) is 0.328. The molecule has 1 aromatic heterocycles. The highest BCUT2D eigenvalue weighted by Gasteiger charge is 2.08. The largest absolute Gasteiger partial charge is 0.346 e. The minimum Gasteiger partial charge on any atom is -0.346 e. The van der Waals surface area contributed by atoms with E-state index in [0.717, 1.165) is 11.8 Å². The summed E-state index contributed by atoms with van der Waals surface area (Å²) in [5.41, 5.74) is 0.929. The molecule has 0 saturated carbocycles. The minimum absolute atomic E-state index is 0.203. The Balaban J connectivity index is 2.57. The highest BCUT2D eigenvalue weighted by molar-refractivity contribution is 5.77. The van der Waals surface area contributed by atoms with Crippen LogP contribution in [0.1, 0.15) is 12.5 Å². The number of hydrogen-bond donors (Lipinski definition) is 1. The van der Waals surface area contributed by atoms with Crippen molar-refractivity contribution >= 4 is 12.2 Å². The van der Waals surface area contributed by atoms with Crippen LogP contribution < -0.4 is 5.32 Å². The van der Waals surface area contributed by atoms with Gasteiger partial charge in [0.25, 0.3) is 0 Å². The van der Waals surface area contributed by atoms with Crippen LogP contribution in [0.4, 0.5) is 0 Å². The maximum absolute atomic E-state index is 10.7. The molecule has 1 rings (SSSR count). The first-order valence-corrected chi connectivity index (χ1v) is 4.33. The average Bonchev–Trinajstić information content (AvgIpc) is 2.17. The topological polar surface area (TPSA) is 59.1 Å². The molecule has 14 heavy (non-hydrogen) atoms. The van der Waals surface area contributed by atoms with Crippen molar-refractivity contribution in [1.82, 2.24) is 10.3 Å². The van der Waals surface area contributed by atoms with Crippen molar-refractivity contribution in [1.29, 1.82) is 0 Å². The number of hydrogen-bond acceptors (Lipinski definition) is 3. The lowest BCUT2D eigenvalue weighted by Crippen LogP contribution is -2.35. The molecule has 1 aromatic rings. The Hall–Kier alpha value is -1.71. The van der Waals surface area contributed by atoms with Crippen molar-refractivity contribution in [2.45, 2.75) is 19.4 Å². The minimum atomic E-state index is -0.461. The SMILES string of the molecule is CC(=O)N[C@H](C=O)Cc1cccnc1. The van der Waals surface area contributed by atoms with Gasteiger partial charge in [0.15, 0.2) is 0 Å². The van der Waals surface area contributed by atoms with E-state index in [-0.39, 0.29) is 5.91 Å². The maximum Gasteiger partial charge on any atom is 0.217 e. The monoisotopic (exact) mass is 192 g/mol. The first-order valence-electron chi connectivity index (χ1n) is 4.33. The van der Waals surface area contributed by atoms with E-state index in [0.29, 0.717) is 6.42 Å². The van der Waals surface area contributed by atoms with Gasteiger partial charge in [-0.15, -0.1) is 0 Å². The van der Waals surface area contributed by atoms with E-state index < -0.39 is 6.04 Å². The molecule has 0 saturated heterocycles. The summed E-state index contributed by atoms with van der Waals surface area (Å²) in [6.45, 7) is 1.39. The zero-order valence-corrected chi connectivity index (χ0v) is 7.93. The summed E-state index contributed by atoms with van der Waals surface area (Å²) >= 11 is 0. The van der Waals surface area contributed by atoms with Crippen molar-refractivity contribution in [3.05, 3.63) is 30.1 Å². The number of amides is 1. The summed E-state index contributed by atoms with van der Waals surface area (Å²) in [6, 6.07) is 3.20. The molecule has 0 unspecified atom stereocenters. The van der Waals surface area contributed by atoms with Crippen molar-refractivity contribution in [2.24, 2.45) is 0 Å². The molecule has 0 aliphatic carbocycles. The van der Waals surface area contributed by atoms with Gasteiger partial charge in [0.1, 0.15) is 6.29 Å². The third kappa shape index (κ3) is 3.35.